The van der Waals surface area contributed by atoms with Crippen LogP contribution in [0.1, 0.15) is 17.3 Å². The number of carboxylic acids is 1. The van der Waals surface area contributed by atoms with Gasteiger partial charge < -0.3 is 20.5 Å². The highest BCUT2D eigenvalue weighted by Crippen LogP contribution is 2.10. The number of hydrogen-bond donors (Lipinski definition) is 3. The van der Waals surface area contributed by atoms with Gasteiger partial charge in [0, 0.05) is 19.3 Å². The zero-order valence-electron chi connectivity index (χ0n) is 10.3. The summed E-state index contributed by atoms with van der Waals surface area (Å²) in [4.78, 5) is 22.2. The molecule has 18 heavy (non-hydrogen) atoms. The summed E-state index contributed by atoms with van der Waals surface area (Å²) in [6.45, 7) is 2.20. The van der Waals surface area contributed by atoms with Crippen molar-refractivity contribution in [2.24, 2.45) is 0 Å². The van der Waals surface area contributed by atoms with E-state index in [1.54, 1.807) is 19.2 Å². The molecule has 1 aromatic carbocycles. The molecular weight excluding hydrogens is 236 g/mol. The van der Waals surface area contributed by atoms with Crippen LogP contribution in [0.4, 0.5) is 10.5 Å². The smallest absolute Gasteiger partial charge is 0.335 e. The van der Waals surface area contributed by atoms with Crippen molar-refractivity contribution in [2.45, 2.75) is 13.0 Å². The Morgan fingerprint density at radius 2 is 2.17 bits per heavy atom. The average molecular weight is 252 g/mol. The lowest BCUT2D eigenvalue weighted by molar-refractivity contribution is 0.0697. The van der Waals surface area contributed by atoms with Gasteiger partial charge in [0.25, 0.3) is 0 Å². The Hall–Kier alpha value is -2.08. The molecule has 0 fully saturated rings. The maximum absolute atomic E-state index is 11.5. The van der Waals surface area contributed by atoms with Crippen LogP contribution < -0.4 is 10.6 Å². The van der Waals surface area contributed by atoms with Crippen molar-refractivity contribution in [3.8, 4) is 0 Å². The van der Waals surface area contributed by atoms with E-state index in [-0.39, 0.29) is 11.7 Å². The SMILES string of the molecule is COC(C)CNC(=O)Nc1cccc(C(=O)O)c1. The van der Waals surface area contributed by atoms with Crippen molar-refractivity contribution < 1.29 is 19.4 Å². The highest BCUT2D eigenvalue weighted by molar-refractivity contribution is 5.93. The van der Waals surface area contributed by atoms with E-state index in [1.165, 1.54) is 12.1 Å². The molecule has 0 aromatic heterocycles. The summed E-state index contributed by atoms with van der Waals surface area (Å²) in [6, 6.07) is 5.63. The number of anilines is 1. The van der Waals surface area contributed by atoms with Crippen LogP contribution in [-0.4, -0.2) is 36.9 Å². The minimum Gasteiger partial charge on any atom is -0.478 e. The molecule has 2 amide bonds. The standard InChI is InChI=1S/C12H16N2O4/c1-8(18-2)7-13-12(17)14-10-5-3-4-9(6-10)11(15)16/h3-6,8H,7H2,1-2H3,(H,15,16)(H2,13,14,17). The summed E-state index contributed by atoms with van der Waals surface area (Å²) in [7, 11) is 1.56. The number of urea groups is 1. The summed E-state index contributed by atoms with van der Waals surface area (Å²) >= 11 is 0. The van der Waals surface area contributed by atoms with E-state index in [2.05, 4.69) is 10.6 Å². The number of carbonyl (C=O) groups is 2. The number of carboxylic acid groups (broad SMARTS) is 1. The molecule has 6 nitrogen and oxygen atoms in total. The van der Waals surface area contributed by atoms with E-state index in [0.29, 0.717) is 12.2 Å². The zero-order valence-corrected chi connectivity index (χ0v) is 10.3. The molecule has 3 N–H and O–H groups in total. The molecule has 1 atom stereocenters. The quantitative estimate of drug-likeness (QED) is 0.741. The van der Waals surface area contributed by atoms with Gasteiger partial charge in [0.05, 0.1) is 11.7 Å². The Morgan fingerprint density at radius 3 is 2.78 bits per heavy atom. The lowest BCUT2D eigenvalue weighted by atomic mass is 10.2. The minimum atomic E-state index is -1.04. The third kappa shape index (κ3) is 4.42. The number of aromatic carboxylic acids is 1. The van der Waals surface area contributed by atoms with Crippen LogP contribution in [0.3, 0.4) is 0 Å². The Labute approximate surface area is 105 Å². The molecule has 1 unspecified atom stereocenters. The summed E-state index contributed by atoms with van der Waals surface area (Å²) in [5, 5.41) is 14.0. The first-order valence-electron chi connectivity index (χ1n) is 5.44. The number of carbonyl (C=O) groups excluding carboxylic acids is 1. The van der Waals surface area contributed by atoms with Crippen LogP contribution in [0.25, 0.3) is 0 Å². The molecule has 6 heteroatoms. The third-order valence-electron chi connectivity index (χ3n) is 2.32. The lowest BCUT2D eigenvalue weighted by Gasteiger charge is -2.11. The van der Waals surface area contributed by atoms with Gasteiger partial charge in [-0.3, -0.25) is 0 Å². The second-order valence-electron chi connectivity index (χ2n) is 3.77. The summed E-state index contributed by atoms with van der Waals surface area (Å²) in [6.07, 6.45) is -0.0823. The first-order chi connectivity index (χ1) is 8.52. The second kappa shape index (κ2) is 6.61. The molecule has 0 aliphatic carbocycles. The first-order valence-corrected chi connectivity index (χ1v) is 5.44. The summed E-state index contributed by atoms with van der Waals surface area (Å²) < 4.78 is 4.98. The molecule has 1 aromatic rings. The van der Waals surface area contributed by atoms with E-state index < -0.39 is 12.0 Å². The number of rotatable bonds is 5. The van der Waals surface area contributed by atoms with Crippen molar-refractivity contribution in [1.29, 1.82) is 0 Å². The normalized spacial score (nSPS) is 11.7. The van der Waals surface area contributed by atoms with Gasteiger partial charge in [0.1, 0.15) is 0 Å². The molecular formula is C12H16N2O4. The highest BCUT2D eigenvalue weighted by atomic mass is 16.5. The third-order valence-corrected chi connectivity index (χ3v) is 2.32. The molecule has 0 aliphatic heterocycles. The Kier molecular flexibility index (Phi) is 5.13. The number of benzene rings is 1. The molecule has 0 saturated carbocycles. The van der Waals surface area contributed by atoms with Crippen molar-refractivity contribution in [1.82, 2.24) is 5.32 Å². The van der Waals surface area contributed by atoms with Crippen LogP contribution in [-0.2, 0) is 4.74 Å². The summed E-state index contributed by atoms with van der Waals surface area (Å²) in [5.74, 6) is -1.04. The fraction of sp³-hybridized carbons (Fsp3) is 0.333. The van der Waals surface area contributed by atoms with Crippen molar-refractivity contribution in [3.05, 3.63) is 29.8 Å². The van der Waals surface area contributed by atoms with Gasteiger partial charge in [-0.1, -0.05) is 6.07 Å². The minimum absolute atomic E-state index is 0.0823. The van der Waals surface area contributed by atoms with E-state index in [9.17, 15) is 9.59 Å². The molecule has 0 heterocycles. The van der Waals surface area contributed by atoms with Crippen molar-refractivity contribution in [2.75, 3.05) is 19.0 Å². The molecule has 0 saturated heterocycles. The maximum atomic E-state index is 11.5. The topological polar surface area (TPSA) is 87.7 Å². The summed E-state index contributed by atoms with van der Waals surface area (Å²) in [5.41, 5.74) is 0.551. The van der Waals surface area contributed by atoms with Gasteiger partial charge in [0.2, 0.25) is 0 Å². The number of hydrogen-bond acceptors (Lipinski definition) is 3. The first kappa shape index (κ1) is 14.0. The molecule has 98 valence electrons. The van der Waals surface area contributed by atoms with Crippen molar-refractivity contribution in [3.63, 3.8) is 0 Å². The molecule has 0 radical (unpaired) electrons. The van der Waals surface area contributed by atoms with Gasteiger partial charge in [-0.15, -0.1) is 0 Å². The van der Waals surface area contributed by atoms with Crippen LogP contribution >= 0.6 is 0 Å². The Bertz CT molecular complexity index is 434. The molecule has 0 bridgehead atoms. The molecule has 0 spiro atoms. The van der Waals surface area contributed by atoms with E-state index in [0.717, 1.165) is 0 Å². The number of methoxy groups -OCH3 is 1. The van der Waals surface area contributed by atoms with Gasteiger partial charge in [0.15, 0.2) is 0 Å². The lowest BCUT2D eigenvalue weighted by Crippen LogP contribution is -2.34. The van der Waals surface area contributed by atoms with E-state index >= 15 is 0 Å². The fourth-order valence-electron chi connectivity index (χ4n) is 1.23. The van der Waals surface area contributed by atoms with Crippen LogP contribution in [0.2, 0.25) is 0 Å². The zero-order chi connectivity index (χ0) is 13.5. The number of ether oxygens (including phenoxy) is 1. The van der Waals surface area contributed by atoms with Crippen molar-refractivity contribution >= 4 is 17.7 Å². The maximum Gasteiger partial charge on any atom is 0.335 e. The van der Waals surface area contributed by atoms with Gasteiger partial charge >= 0.3 is 12.0 Å². The largest absolute Gasteiger partial charge is 0.478 e. The molecule has 1 rings (SSSR count). The van der Waals surface area contributed by atoms with Gasteiger partial charge in [-0.2, -0.15) is 0 Å². The predicted molar refractivity (Wildman–Crippen MR) is 66.9 cm³/mol. The van der Waals surface area contributed by atoms with Crippen LogP contribution in [0.15, 0.2) is 24.3 Å². The van der Waals surface area contributed by atoms with E-state index in [4.69, 9.17) is 9.84 Å². The van der Waals surface area contributed by atoms with Gasteiger partial charge in [-0.25, -0.2) is 9.59 Å². The van der Waals surface area contributed by atoms with E-state index in [1.807, 2.05) is 6.92 Å². The Morgan fingerprint density at radius 1 is 1.44 bits per heavy atom. The van der Waals surface area contributed by atoms with Crippen LogP contribution in [0.5, 0.6) is 0 Å². The Balaban J connectivity index is 2.54. The predicted octanol–water partition coefficient (Wildman–Crippen LogP) is 1.54. The second-order valence-corrected chi connectivity index (χ2v) is 3.77. The number of amides is 2. The molecule has 0 aliphatic rings. The number of nitrogens with one attached hydrogen (secondary N) is 2. The highest BCUT2D eigenvalue weighted by Gasteiger charge is 2.07. The average Bonchev–Trinajstić information content (AvgIpc) is 2.36. The monoisotopic (exact) mass is 252 g/mol. The fourth-order valence-corrected chi connectivity index (χ4v) is 1.23. The van der Waals surface area contributed by atoms with Crippen LogP contribution in [0, 0.1) is 0 Å². The van der Waals surface area contributed by atoms with Gasteiger partial charge in [-0.05, 0) is 25.1 Å².